The second kappa shape index (κ2) is 9.05. The summed E-state index contributed by atoms with van der Waals surface area (Å²) in [5, 5.41) is 3.11. The molecule has 1 fully saturated rings. The number of nitrogens with zero attached hydrogens (tertiary/aromatic N) is 4. The number of hydrogen-bond acceptors (Lipinski definition) is 6. The minimum Gasteiger partial charge on any atom is -0.378 e. The number of anilines is 3. The molecule has 0 amide bonds. The average molecular weight is 443 g/mol. The van der Waals surface area contributed by atoms with Gasteiger partial charge in [-0.05, 0) is 24.6 Å². The van der Waals surface area contributed by atoms with E-state index in [0.717, 1.165) is 37.4 Å². The topological polar surface area (TPSA) is 79.0 Å². The summed E-state index contributed by atoms with van der Waals surface area (Å²) in [4.78, 5) is 17.2. The molecular formula is C19H22ClF3N6O. The number of aromatic amines is 1. The molecule has 0 unspecified atom stereocenters. The van der Waals surface area contributed by atoms with Crippen molar-refractivity contribution in [2.45, 2.75) is 25.9 Å². The fraction of sp³-hybridized carbons (Fsp3) is 0.421. The van der Waals surface area contributed by atoms with Crippen molar-refractivity contribution in [2.24, 2.45) is 0 Å². The monoisotopic (exact) mass is 442 g/mol. The summed E-state index contributed by atoms with van der Waals surface area (Å²) in [5.41, 5.74) is 2.03. The van der Waals surface area contributed by atoms with Gasteiger partial charge in [-0.15, -0.1) is 12.4 Å². The molecule has 3 aromatic rings. The average Bonchev–Trinajstić information content (AvgIpc) is 3.13. The molecule has 0 aliphatic carbocycles. The maximum absolute atomic E-state index is 12.9. The Labute approximate surface area is 177 Å². The Morgan fingerprint density at radius 2 is 1.90 bits per heavy atom. The number of aryl methyl sites for hydroxylation is 1. The van der Waals surface area contributed by atoms with E-state index in [2.05, 4.69) is 37.1 Å². The van der Waals surface area contributed by atoms with E-state index in [9.17, 15) is 13.2 Å². The zero-order valence-corrected chi connectivity index (χ0v) is 17.1. The van der Waals surface area contributed by atoms with E-state index in [4.69, 9.17) is 4.74 Å². The maximum Gasteiger partial charge on any atom is 0.449 e. The maximum atomic E-state index is 12.9. The van der Waals surface area contributed by atoms with Crippen LogP contribution in [-0.2, 0) is 17.3 Å². The summed E-state index contributed by atoms with van der Waals surface area (Å²) in [6, 6.07) is 6.74. The van der Waals surface area contributed by atoms with Crippen molar-refractivity contribution in [2.75, 3.05) is 36.5 Å². The van der Waals surface area contributed by atoms with Crippen LogP contribution in [0.4, 0.5) is 30.6 Å². The molecule has 2 N–H and O–H groups in total. The third-order valence-electron chi connectivity index (χ3n) is 4.61. The molecule has 0 atom stereocenters. The fourth-order valence-electron chi connectivity index (χ4n) is 3.23. The van der Waals surface area contributed by atoms with Gasteiger partial charge in [-0.3, -0.25) is 0 Å². The Morgan fingerprint density at radius 1 is 1.13 bits per heavy atom. The van der Waals surface area contributed by atoms with Crippen LogP contribution in [0.3, 0.4) is 0 Å². The molecule has 2 aromatic heterocycles. The fourth-order valence-corrected chi connectivity index (χ4v) is 3.23. The van der Waals surface area contributed by atoms with Crippen molar-refractivity contribution in [3.63, 3.8) is 0 Å². The van der Waals surface area contributed by atoms with Gasteiger partial charge in [-0.25, -0.2) is 9.97 Å². The van der Waals surface area contributed by atoms with Crippen LogP contribution in [0.2, 0.25) is 0 Å². The van der Waals surface area contributed by atoms with Gasteiger partial charge in [0.05, 0.1) is 24.2 Å². The zero-order chi connectivity index (χ0) is 20.4. The van der Waals surface area contributed by atoms with Gasteiger partial charge in [0.2, 0.25) is 11.8 Å². The van der Waals surface area contributed by atoms with Crippen LogP contribution in [-0.4, -0.2) is 46.2 Å². The molecule has 11 heteroatoms. The summed E-state index contributed by atoms with van der Waals surface area (Å²) in [7, 11) is 0. The minimum absolute atomic E-state index is 0. The van der Waals surface area contributed by atoms with Crippen LogP contribution in [0.5, 0.6) is 0 Å². The smallest absolute Gasteiger partial charge is 0.378 e. The number of hydrogen-bond donors (Lipinski definition) is 2. The van der Waals surface area contributed by atoms with Crippen LogP contribution < -0.4 is 10.2 Å². The van der Waals surface area contributed by atoms with E-state index in [1.165, 1.54) is 6.07 Å². The molecule has 3 heterocycles. The number of alkyl halides is 3. The lowest BCUT2D eigenvalue weighted by molar-refractivity contribution is -0.144. The molecule has 0 saturated carbocycles. The van der Waals surface area contributed by atoms with E-state index < -0.39 is 12.0 Å². The molecule has 0 spiro atoms. The Bertz CT molecular complexity index is 1000. The minimum atomic E-state index is -4.52. The van der Waals surface area contributed by atoms with E-state index in [1.807, 2.05) is 6.07 Å². The SMILES string of the molecule is CCCc1cc(N2CCOCC2)nc(Nc2ccc3nc(C(F)(F)F)[nH]c3c2)n1.Cl. The van der Waals surface area contributed by atoms with Crippen LogP contribution in [0.25, 0.3) is 11.0 Å². The first-order valence-corrected chi connectivity index (χ1v) is 9.47. The number of morpholine rings is 1. The van der Waals surface area contributed by atoms with Gasteiger partial charge < -0.3 is 19.9 Å². The quantitative estimate of drug-likeness (QED) is 0.612. The third kappa shape index (κ3) is 4.93. The van der Waals surface area contributed by atoms with Gasteiger partial charge in [0.15, 0.2) is 0 Å². The van der Waals surface area contributed by atoms with Gasteiger partial charge in [-0.1, -0.05) is 13.3 Å². The van der Waals surface area contributed by atoms with Gasteiger partial charge in [0.25, 0.3) is 0 Å². The first-order chi connectivity index (χ1) is 13.9. The third-order valence-corrected chi connectivity index (χ3v) is 4.61. The molecule has 4 rings (SSSR count). The van der Waals surface area contributed by atoms with Crippen LogP contribution in [0, 0.1) is 0 Å². The second-order valence-corrected chi connectivity index (χ2v) is 6.83. The van der Waals surface area contributed by atoms with E-state index in [1.54, 1.807) is 12.1 Å². The highest BCUT2D eigenvalue weighted by atomic mass is 35.5. The van der Waals surface area contributed by atoms with Gasteiger partial charge in [-0.2, -0.15) is 18.2 Å². The lowest BCUT2D eigenvalue weighted by Crippen LogP contribution is -2.37. The first-order valence-electron chi connectivity index (χ1n) is 9.47. The van der Waals surface area contributed by atoms with E-state index in [-0.39, 0.29) is 17.9 Å². The Hall–Kier alpha value is -2.59. The highest BCUT2D eigenvalue weighted by Crippen LogP contribution is 2.30. The predicted molar refractivity (Wildman–Crippen MR) is 111 cm³/mol. The standard InChI is InChI=1S/C19H21F3N6O.ClH/c1-2-3-12-11-16(28-6-8-29-9-7-28)27-18(23-12)24-13-4-5-14-15(10-13)26-17(25-14)19(20,21)22;/h4-5,10-11H,2-3,6-9H2,1H3,(H,25,26)(H,23,24,27);1H. The van der Waals surface area contributed by atoms with Crippen molar-refractivity contribution in [1.29, 1.82) is 0 Å². The Kier molecular flexibility index (Phi) is 6.67. The van der Waals surface area contributed by atoms with Gasteiger partial charge in [0, 0.05) is 30.5 Å². The molecule has 1 aliphatic heterocycles. The largest absolute Gasteiger partial charge is 0.449 e. The summed E-state index contributed by atoms with van der Waals surface area (Å²) in [6.07, 6.45) is -2.76. The van der Waals surface area contributed by atoms with Crippen LogP contribution in [0.15, 0.2) is 24.3 Å². The number of benzene rings is 1. The highest BCUT2D eigenvalue weighted by molar-refractivity contribution is 5.85. The summed E-state index contributed by atoms with van der Waals surface area (Å²) in [5.74, 6) is 0.212. The van der Waals surface area contributed by atoms with Crippen molar-refractivity contribution >= 4 is 40.9 Å². The lowest BCUT2D eigenvalue weighted by atomic mass is 10.2. The second-order valence-electron chi connectivity index (χ2n) is 6.83. The first kappa shape index (κ1) is 22.1. The number of nitrogens with one attached hydrogen (secondary N) is 2. The Balaban J connectivity index is 0.00000256. The van der Waals surface area contributed by atoms with Crippen molar-refractivity contribution < 1.29 is 17.9 Å². The number of aromatic nitrogens is 4. The number of H-pyrrole nitrogens is 1. The zero-order valence-electron chi connectivity index (χ0n) is 16.3. The molecular weight excluding hydrogens is 421 g/mol. The molecule has 0 bridgehead atoms. The molecule has 7 nitrogen and oxygen atoms in total. The summed E-state index contributed by atoms with van der Waals surface area (Å²) in [6.45, 7) is 4.88. The van der Waals surface area contributed by atoms with Crippen molar-refractivity contribution in [3.8, 4) is 0 Å². The molecule has 1 saturated heterocycles. The summed E-state index contributed by atoms with van der Waals surface area (Å²) < 4.78 is 44.0. The molecule has 1 aromatic carbocycles. The number of halogens is 4. The van der Waals surface area contributed by atoms with Crippen LogP contribution >= 0.6 is 12.4 Å². The summed E-state index contributed by atoms with van der Waals surface area (Å²) >= 11 is 0. The van der Waals surface area contributed by atoms with Crippen molar-refractivity contribution in [3.05, 3.63) is 35.8 Å². The molecule has 162 valence electrons. The lowest BCUT2D eigenvalue weighted by Gasteiger charge is -2.28. The van der Waals surface area contributed by atoms with Crippen molar-refractivity contribution in [1.82, 2.24) is 19.9 Å². The van der Waals surface area contributed by atoms with E-state index in [0.29, 0.717) is 30.4 Å². The molecule has 1 aliphatic rings. The number of rotatable bonds is 5. The normalized spacial score (nSPS) is 14.6. The van der Waals surface area contributed by atoms with E-state index >= 15 is 0 Å². The van der Waals surface area contributed by atoms with Gasteiger partial charge in [0.1, 0.15) is 5.82 Å². The predicted octanol–water partition coefficient (Wildman–Crippen LogP) is 4.33. The Morgan fingerprint density at radius 3 is 2.60 bits per heavy atom. The molecule has 30 heavy (non-hydrogen) atoms. The number of fused-ring (bicyclic) bond motifs is 1. The van der Waals surface area contributed by atoms with Crippen LogP contribution in [0.1, 0.15) is 24.9 Å². The van der Waals surface area contributed by atoms with Gasteiger partial charge >= 0.3 is 6.18 Å². The number of imidazole rings is 1. The molecule has 0 radical (unpaired) electrons. The highest BCUT2D eigenvalue weighted by Gasteiger charge is 2.34. The number of ether oxygens (including phenoxy) is 1.